The number of nitrogens with two attached hydrogens (primary N) is 1. The maximum Gasteiger partial charge on any atom is 0.252 e. The number of rotatable bonds is 7. The third-order valence-corrected chi connectivity index (χ3v) is 2.74. The molecule has 1 aromatic rings. The molecule has 92 valence electrons. The highest BCUT2D eigenvalue weighted by atomic mass is 16.5. The lowest BCUT2D eigenvalue weighted by molar-refractivity contribution is 0.0996. The van der Waals surface area contributed by atoms with Gasteiger partial charge in [-0.15, -0.1) is 0 Å². The first-order chi connectivity index (χ1) is 8.27. The van der Waals surface area contributed by atoms with Crippen LogP contribution in [0.5, 0.6) is 5.75 Å². The van der Waals surface area contributed by atoms with E-state index in [1.807, 2.05) is 6.07 Å². The average molecular weight is 234 g/mol. The Morgan fingerprint density at radius 1 is 1.41 bits per heavy atom. The zero-order valence-corrected chi connectivity index (χ0v) is 9.82. The summed E-state index contributed by atoms with van der Waals surface area (Å²) in [7, 11) is 0. The van der Waals surface area contributed by atoms with Crippen LogP contribution in [0.3, 0.4) is 0 Å². The summed E-state index contributed by atoms with van der Waals surface area (Å²) in [6.45, 7) is 1.56. The van der Waals surface area contributed by atoms with Gasteiger partial charge in [-0.1, -0.05) is 12.1 Å². The number of hydrogen-bond acceptors (Lipinski definition) is 3. The summed E-state index contributed by atoms with van der Waals surface area (Å²) in [5.74, 6) is 0.128. The van der Waals surface area contributed by atoms with Crippen molar-refractivity contribution in [2.24, 2.45) is 5.73 Å². The molecular formula is C13H18N2O2. The molecule has 1 aromatic carbocycles. The second kappa shape index (κ2) is 5.68. The molecule has 17 heavy (non-hydrogen) atoms. The SMILES string of the molecule is NC(=O)c1ccccc1OCCCNC1CC1. The van der Waals surface area contributed by atoms with Crippen LogP contribution in [0.4, 0.5) is 0 Å². The van der Waals surface area contributed by atoms with E-state index in [1.54, 1.807) is 18.2 Å². The molecule has 0 saturated heterocycles. The van der Waals surface area contributed by atoms with Crippen LogP contribution in [0, 0.1) is 0 Å². The lowest BCUT2D eigenvalue weighted by Crippen LogP contribution is -2.20. The number of carbonyl (C=O) groups is 1. The maximum absolute atomic E-state index is 11.1. The van der Waals surface area contributed by atoms with Gasteiger partial charge in [0, 0.05) is 6.04 Å². The van der Waals surface area contributed by atoms with Crippen molar-refractivity contribution in [3.63, 3.8) is 0 Å². The van der Waals surface area contributed by atoms with Crippen molar-refractivity contribution < 1.29 is 9.53 Å². The minimum Gasteiger partial charge on any atom is -0.493 e. The number of benzene rings is 1. The first-order valence-electron chi connectivity index (χ1n) is 6.02. The van der Waals surface area contributed by atoms with Crippen molar-refractivity contribution in [1.82, 2.24) is 5.32 Å². The van der Waals surface area contributed by atoms with Crippen molar-refractivity contribution in [1.29, 1.82) is 0 Å². The second-order valence-corrected chi connectivity index (χ2v) is 4.29. The van der Waals surface area contributed by atoms with E-state index in [0.717, 1.165) is 19.0 Å². The predicted molar refractivity (Wildman–Crippen MR) is 66.1 cm³/mol. The van der Waals surface area contributed by atoms with Crippen LogP contribution < -0.4 is 15.8 Å². The van der Waals surface area contributed by atoms with Gasteiger partial charge < -0.3 is 15.8 Å². The molecule has 1 amide bonds. The molecule has 1 fully saturated rings. The summed E-state index contributed by atoms with van der Waals surface area (Å²) in [6.07, 6.45) is 3.53. The molecule has 0 radical (unpaired) electrons. The second-order valence-electron chi connectivity index (χ2n) is 4.29. The van der Waals surface area contributed by atoms with Crippen LogP contribution in [0.2, 0.25) is 0 Å². The fraction of sp³-hybridized carbons (Fsp3) is 0.462. The molecule has 0 bridgehead atoms. The number of amides is 1. The summed E-state index contributed by atoms with van der Waals surface area (Å²) >= 11 is 0. The lowest BCUT2D eigenvalue weighted by atomic mass is 10.2. The Labute approximate surface area is 101 Å². The Bertz CT molecular complexity index is 389. The molecule has 3 N–H and O–H groups in total. The Balaban J connectivity index is 1.75. The van der Waals surface area contributed by atoms with Gasteiger partial charge in [0.2, 0.25) is 0 Å². The van der Waals surface area contributed by atoms with Crippen LogP contribution >= 0.6 is 0 Å². The van der Waals surface area contributed by atoms with Gasteiger partial charge in [-0.25, -0.2) is 0 Å². The summed E-state index contributed by atoms with van der Waals surface area (Å²) in [6, 6.07) is 7.80. The number of ether oxygens (including phenoxy) is 1. The Hall–Kier alpha value is -1.55. The van der Waals surface area contributed by atoms with Crippen LogP contribution in [-0.4, -0.2) is 25.1 Å². The maximum atomic E-state index is 11.1. The van der Waals surface area contributed by atoms with E-state index < -0.39 is 5.91 Å². The molecule has 0 heterocycles. The fourth-order valence-corrected chi connectivity index (χ4v) is 1.64. The van der Waals surface area contributed by atoms with Crippen LogP contribution in [0.25, 0.3) is 0 Å². The topological polar surface area (TPSA) is 64.4 Å². The van der Waals surface area contributed by atoms with Gasteiger partial charge in [-0.3, -0.25) is 4.79 Å². The van der Waals surface area contributed by atoms with Gasteiger partial charge in [0.25, 0.3) is 5.91 Å². The highest BCUT2D eigenvalue weighted by molar-refractivity contribution is 5.95. The zero-order chi connectivity index (χ0) is 12.1. The van der Waals surface area contributed by atoms with E-state index in [2.05, 4.69) is 5.32 Å². The van der Waals surface area contributed by atoms with Crippen molar-refractivity contribution in [2.45, 2.75) is 25.3 Å². The quantitative estimate of drug-likeness (QED) is 0.699. The molecule has 0 aromatic heterocycles. The molecule has 4 heteroatoms. The van der Waals surface area contributed by atoms with E-state index in [4.69, 9.17) is 10.5 Å². The van der Waals surface area contributed by atoms with Crippen molar-refractivity contribution in [3.05, 3.63) is 29.8 Å². The van der Waals surface area contributed by atoms with E-state index in [1.165, 1.54) is 12.8 Å². The smallest absolute Gasteiger partial charge is 0.252 e. The van der Waals surface area contributed by atoms with Gasteiger partial charge in [0.1, 0.15) is 5.75 Å². The molecule has 0 aliphatic heterocycles. The summed E-state index contributed by atoms with van der Waals surface area (Å²) < 4.78 is 5.56. The van der Waals surface area contributed by atoms with Crippen LogP contribution in [-0.2, 0) is 0 Å². The predicted octanol–water partition coefficient (Wildman–Crippen LogP) is 1.31. The number of hydrogen-bond donors (Lipinski definition) is 2. The van der Waals surface area contributed by atoms with E-state index in [-0.39, 0.29) is 0 Å². The number of nitrogens with one attached hydrogen (secondary N) is 1. The van der Waals surface area contributed by atoms with Crippen molar-refractivity contribution in [3.8, 4) is 5.75 Å². The van der Waals surface area contributed by atoms with E-state index in [0.29, 0.717) is 17.9 Å². The van der Waals surface area contributed by atoms with Crippen molar-refractivity contribution >= 4 is 5.91 Å². The summed E-state index contributed by atoms with van der Waals surface area (Å²) in [4.78, 5) is 11.1. The molecule has 1 aliphatic carbocycles. The molecule has 1 saturated carbocycles. The molecule has 0 spiro atoms. The standard InChI is InChI=1S/C13H18N2O2/c14-13(16)11-4-1-2-5-12(11)17-9-3-8-15-10-6-7-10/h1-2,4-5,10,15H,3,6-9H2,(H2,14,16). The zero-order valence-electron chi connectivity index (χ0n) is 9.82. The molecule has 2 rings (SSSR count). The Morgan fingerprint density at radius 2 is 2.18 bits per heavy atom. The van der Waals surface area contributed by atoms with Gasteiger partial charge in [-0.2, -0.15) is 0 Å². The fourth-order valence-electron chi connectivity index (χ4n) is 1.64. The number of carbonyl (C=O) groups excluding carboxylic acids is 1. The Morgan fingerprint density at radius 3 is 2.88 bits per heavy atom. The first-order valence-corrected chi connectivity index (χ1v) is 6.02. The minimum absolute atomic E-state index is 0.447. The van der Waals surface area contributed by atoms with E-state index >= 15 is 0 Å². The average Bonchev–Trinajstić information content (AvgIpc) is 3.13. The van der Waals surface area contributed by atoms with Gasteiger partial charge in [-0.05, 0) is 37.9 Å². The third-order valence-electron chi connectivity index (χ3n) is 2.74. The lowest BCUT2D eigenvalue weighted by Gasteiger charge is -2.09. The minimum atomic E-state index is -0.447. The molecule has 1 aliphatic rings. The first kappa shape index (κ1) is 11.9. The highest BCUT2D eigenvalue weighted by Crippen LogP contribution is 2.19. The van der Waals surface area contributed by atoms with Gasteiger partial charge in [0.05, 0.1) is 12.2 Å². The molecular weight excluding hydrogens is 216 g/mol. The molecule has 0 atom stereocenters. The van der Waals surface area contributed by atoms with Gasteiger partial charge >= 0.3 is 0 Å². The third kappa shape index (κ3) is 3.75. The van der Waals surface area contributed by atoms with Crippen molar-refractivity contribution in [2.75, 3.05) is 13.2 Å². The summed E-state index contributed by atoms with van der Waals surface area (Å²) in [5, 5.41) is 3.41. The van der Waals surface area contributed by atoms with Crippen LogP contribution in [0.15, 0.2) is 24.3 Å². The Kier molecular flexibility index (Phi) is 3.98. The van der Waals surface area contributed by atoms with Crippen LogP contribution in [0.1, 0.15) is 29.6 Å². The molecule has 4 nitrogen and oxygen atoms in total. The van der Waals surface area contributed by atoms with Gasteiger partial charge in [0.15, 0.2) is 0 Å². The largest absolute Gasteiger partial charge is 0.493 e. The monoisotopic (exact) mass is 234 g/mol. The van der Waals surface area contributed by atoms with E-state index in [9.17, 15) is 4.79 Å². The number of para-hydroxylation sites is 1. The normalized spacial score (nSPS) is 14.6. The number of primary amides is 1. The highest BCUT2D eigenvalue weighted by Gasteiger charge is 2.19. The summed E-state index contributed by atoms with van der Waals surface area (Å²) in [5.41, 5.74) is 5.71. The molecule has 0 unspecified atom stereocenters.